The molecule has 1 aromatic heterocycles. The summed E-state index contributed by atoms with van der Waals surface area (Å²) < 4.78 is 5.37. The van der Waals surface area contributed by atoms with E-state index in [1.54, 1.807) is 6.07 Å². The number of rotatable bonds is 2. The second kappa shape index (κ2) is 8.24. The van der Waals surface area contributed by atoms with Crippen LogP contribution < -0.4 is 10.9 Å². The molecular formula is C16H22Br2N2O2. The first-order valence-corrected chi connectivity index (χ1v) is 7.10. The predicted octanol–water partition coefficient (Wildman–Crippen LogP) is 2.97. The molecule has 2 heterocycles. The summed E-state index contributed by atoms with van der Waals surface area (Å²) in [7, 11) is 0. The zero-order valence-corrected chi connectivity index (χ0v) is 16.3. The molecule has 0 aliphatic carbocycles. The fourth-order valence-electron chi connectivity index (χ4n) is 3.01. The van der Waals surface area contributed by atoms with Gasteiger partial charge in [-0.25, -0.2) is 4.79 Å². The Morgan fingerprint density at radius 3 is 2.50 bits per heavy atom. The fraction of sp³-hybridized carbons (Fsp3) is 0.438. The highest BCUT2D eigenvalue weighted by Gasteiger charge is 2.14. The molecule has 122 valence electrons. The Hall–Kier alpha value is -0.690. The van der Waals surface area contributed by atoms with Crippen LogP contribution in [0.25, 0.3) is 11.0 Å². The molecule has 0 amide bonds. The van der Waals surface area contributed by atoms with Crippen LogP contribution in [0.3, 0.4) is 0 Å². The number of hydrogen-bond acceptors (Lipinski definition) is 4. The van der Waals surface area contributed by atoms with Gasteiger partial charge >= 0.3 is 5.63 Å². The minimum absolute atomic E-state index is 0. The van der Waals surface area contributed by atoms with E-state index in [1.807, 2.05) is 13.0 Å². The second-order valence-corrected chi connectivity index (χ2v) is 5.57. The van der Waals surface area contributed by atoms with E-state index >= 15 is 0 Å². The van der Waals surface area contributed by atoms with Gasteiger partial charge in [-0.2, -0.15) is 0 Å². The Kier molecular flexibility index (Phi) is 7.25. The molecule has 0 bridgehead atoms. The summed E-state index contributed by atoms with van der Waals surface area (Å²) in [6.07, 6.45) is 0. The van der Waals surface area contributed by atoms with Crippen molar-refractivity contribution in [1.29, 1.82) is 0 Å². The Morgan fingerprint density at radius 1 is 1.14 bits per heavy atom. The van der Waals surface area contributed by atoms with Crippen LogP contribution in [-0.4, -0.2) is 31.1 Å². The molecule has 0 spiro atoms. The molecule has 1 aliphatic rings. The number of aryl methyl sites for hydroxylation is 2. The zero-order chi connectivity index (χ0) is 14.1. The van der Waals surface area contributed by atoms with Crippen LogP contribution in [0.15, 0.2) is 27.4 Å². The minimum atomic E-state index is -0.257. The number of piperazine rings is 1. The summed E-state index contributed by atoms with van der Waals surface area (Å²) in [5.74, 6) is 0. The van der Waals surface area contributed by atoms with Gasteiger partial charge in [-0.15, -0.1) is 34.0 Å². The van der Waals surface area contributed by atoms with Gasteiger partial charge in [0.2, 0.25) is 0 Å². The molecule has 1 aliphatic heterocycles. The van der Waals surface area contributed by atoms with Gasteiger partial charge in [-0.05, 0) is 36.6 Å². The third kappa shape index (κ3) is 4.19. The van der Waals surface area contributed by atoms with Crippen molar-refractivity contribution in [1.82, 2.24) is 10.2 Å². The molecule has 22 heavy (non-hydrogen) atoms. The zero-order valence-electron chi connectivity index (χ0n) is 12.8. The quantitative estimate of drug-likeness (QED) is 0.739. The first-order valence-electron chi connectivity index (χ1n) is 7.10. The standard InChI is InChI=1S/C16H20N2O2.2BrH/c1-11-7-12(2)16-13(9-15(19)20-14(16)8-11)10-18-5-3-17-4-6-18;;/h7-9,17H,3-6,10H2,1-2H3;2*1H. The molecule has 4 nitrogen and oxygen atoms in total. The molecule has 1 fully saturated rings. The highest BCUT2D eigenvalue weighted by molar-refractivity contribution is 8.93. The molecule has 1 N–H and O–H groups in total. The lowest BCUT2D eigenvalue weighted by atomic mass is 10.0. The van der Waals surface area contributed by atoms with Gasteiger partial charge in [-0.3, -0.25) is 4.90 Å². The third-order valence-electron chi connectivity index (χ3n) is 3.87. The summed E-state index contributed by atoms with van der Waals surface area (Å²) in [4.78, 5) is 14.1. The smallest absolute Gasteiger partial charge is 0.336 e. The van der Waals surface area contributed by atoms with Crippen molar-refractivity contribution in [3.63, 3.8) is 0 Å². The Balaban J connectivity index is 0.00000121. The molecule has 0 radical (unpaired) electrons. The summed E-state index contributed by atoms with van der Waals surface area (Å²) in [5.41, 5.74) is 3.83. The van der Waals surface area contributed by atoms with E-state index in [9.17, 15) is 4.79 Å². The Morgan fingerprint density at radius 2 is 1.82 bits per heavy atom. The average molecular weight is 434 g/mol. The van der Waals surface area contributed by atoms with Crippen LogP contribution >= 0.6 is 34.0 Å². The van der Waals surface area contributed by atoms with E-state index in [2.05, 4.69) is 23.2 Å². The van der Waals surface area contributed by atoms with E-state index < -0.39 is 0 Å². The van der Waals surface area contributed by atoms with Crippen LogP contribution in [0.4, 0.5) is 0 Å². The van der Waals surface area contributed by atoms with E-state index in [0.29, 0.717) is 5.58 Å². The molecule has 0 atom stereocenters. The van der Waals surface area contributed by atoms with Gasteiger partial charge in [0.15, 0.2) is 0 Å². The van der Waals surface area contributed by atoms with Gasteiger partial charge in [0.25, 0.3) is 0 Å². The van der Waals surface area contributed by atoms with Crippen LogP contribution in [-0.2, 0) is 6.54 Å². The van der Waals surface area contributed by atoms with Gasteiger partial charge in [0.05, 0.1) is 0 Å². The summed E-state index contributed by atoms with van der Waals surface area (Å²) >= 11 is 0. The van der Waals surface area contributed by atoms with Crippen LogP contribution in [0.1, 0.15) is 16.7 Å². The van der Waals surface area contributed by atoms with Crippen molar-refractivity contribution in [2.24, 2.45) is 0 Å². The molecular weight excluding hydrogens is 412 g/mol. The monoisotopic (exact) mass is 432 g/mol. The van der Waals surface area contributed by atoms with Crippen molar-refractivity contribution in [3.8, 4) is 0 Å². The highest BCUT2D eigenvalue weighted by Crippen LogP contribution is 2.24. The third-order valence-corrected chi connectivity index (χ3v) is 3.87. The lowest BCUT2D eigenvalue weighted by Crippen LogP contribution is -2.43. The molecule has 2 aromatic rings. The summed E-state index contributed by atoms with van der Waals surface area (Å²) in [5, 5.41) is 4.44. The van der Waals surface area contributed by atoms with Crippen molar-refractivity contribution >= 4 is 44.9 Å². The van der Waals surface area contributed by atoms with Crippen LogP contribution in [0.2, 0.25) is 0 Å². The van der Waals surface area contributed by atoms with E-state index in [0.717, 1.165) is 49.2 Å². The lowest BCUT2D eigenvalue weighted by Gasteiger charge is -2.27. The predicted molar refractivity (Wildman–Crippen MR) is 101 cm³/mol. The van der Waals surface area contributed by atoms with Gasteiger partial charge < -0.3 is 9.73 Å². The maximum absolute atomic E-state index is 11.8. The largest absolute Gasteiger partial charge is 0.423 e. The molecule has 1 aromatic carbocycles. The van der Waals surface area contributed by atoms with Crippen molar-refractivity contribution in [2.45, 2.75) is 20.4 Å². The summed E-state index contributed by atoms with van der Waals surface area (Å²) in [6, 6.07) is 5.74. The van der Waals surface area contributed by atoms with E-state index in [-0.39, 0.29) is 39.6 Å². The second-order valence-electron chi connectivity index (χ2n) is 5.57. The number of nitrogens with one attached hydrogen (secondary N) is 1. The first kappa shape index (κ1) is 19.4. The molecule has 3 rings (SSSR count). The lowest BCUT2D eigenvalue weighted by molar-refractivity contribution is 0.233. The molecule has 6 heteroatoms. The fourth-order valence-corrected chi connectivity index (χ4v) is 3.01. The normalized spacial score (nSPS) is 15.2. The minimum Gasteiger partial charge on any atom is -0.423 e. The Labute approximate surface area is 151 Å². The maximum Gasteiger partial charge on any atom is 0.336 e. The Bertz CT molecular complexity index is 694. The molecule has 1 saturated heterocycles. The number of fused-ring (bicyclic) bond motifs is 1. The van der Waals surface area contributed by atoms with Crippen LogP contribution in [0, 0.1) is 13.8 Å². The topological polar surface area (TPSA) is 45.5 Å². The van der Waals surface area contributed by atoms with Crippen molar-refractivity contribution < 1.29 is 4.42 Å². The maximum atomic E-state index is 11.8. The van der Waals surface area contributed by atoms with E-state index in [1.165, 1.54) is 5.56 Å². The van der Waals surface area contributed by atoms with Crippen molar-refractivity contribution in [2.75, 3.05) is 26.2 Å². The first-order chi connectivity index (χ1) is 9.63. The SMILES string of the molecule is Br.Br.Cc1cc(C)c2c(CN3CCNCC3)cc(=O)oc2c1. The highest BCUT2D eigenvalue weighted by atomic mass is 79.9. The average Bonchev–Trinajstić information content (AvgIpc) is 2.38. The number of halogens is 2. The number of benzene rings is 1. The van der Waals surface area contributed by atoms with Crippen molar-refractivity contribution in [3.05, 3.63) is 45.3 Å². The van der Waals surface area contributed by atoms with Gasteiger partial charge in [0.1, 0.15) is 5.58 Å². The molecule has 0 saturated carbocycles. The number of hydrogen-bond donors (Lipinski definition) is 1. The van der Waals surface area contributed by atoms with Gasteiger partial charge in [-0.1, -0.05) is 6.07 Å². The van der Waals surface area contributed by atoms with Crippen LogP contribution in [0.5, 0.6) is 0 Å². The van der Waals surface area contributed by atoms with Gasteiger partial charge in [0, 0.05) is 44.2 Å². The van der Waals surface area contributed by atoms with E-state index in [4.69, 9.17) is 4.42 Å². The summed E-state index contributed by atoms with van der Waals surface area (Å²) in [6.45, 7) is 8.98. The number of nitrogens with zero attached hydrogens (tertiary/aromatic N) is 1. The molecule has 0 unspecified atom stereocenters.